The number of oxazole rings is 1. The van der Waals surface area contributed by atoms with Crippen molar-refractivity contribution in [3.05, 3.63) is 47.2 Å². The van der Waals surface area contributed by atoms with Crippen LogP contribution >= 0.6 is 0 Å². The lowest BCUT2D eigenvalue weighted by Gasteiger charge is -2.33. The van der Waals surface area contributed by atoms with Crippen LogP contribution in [0.4, 0.5) is 6.01 Å². The first-order valence-corrected chi connectivity index (χ1v) is 8.95. The van der Waals surface area contributed by atoms with Gasteiger partial charge in [-0.25, -0.2) is 4.98 Å². The van der Waals surface area contributed by atoms with Gasteiger partial charge in [-0.3, -0.25) is 4.79 Å². The summed E-state index contributed by atoms with van der Waals surface area (Å²) in [5.41, 5.74) is 2.96. The third-order valence-corrected chi connectivity index (χ3v) is 4.79. The van der Waals surface area contributed by atoms with E-state index < -0.39 is 0 Å². The number of nitrogens with zero attached hydrogens (tertiary/aromatic N) is 5. The Balaban J connectivity index is 1.46. The average Bonchev–Trinajstić information content (AvgIpc) is 3.16. The van der Waals surface area contributed by atoms with Gasteiger partial charge >= 0.3 is 0 Å². The summed E-state index contributed by atoms with van der Waals surface area (Å²) in [4.78, 5) is 25.4. The van der Waals surface area contributed by atoms with Crippen LogP contribution in [0.15, 0.2) is 34.7 Å². The van der Waals surface area contributed by atoms with Gasteiger partial charge in [0.05, 0.1) is 12.7 Å². The molecular weight excluding hydrogens is 358 g/mol. The number of fused-ring (bicyclic) bond motifs is 1. The fraction of sp³-hybridized carbons (Fsp3) is 0.300. The molecule has 0 aliphatic carbocycles. The van der Waals surface area contributed by atoms with Gasteiger partial charge in [0.25, 0.3) is 11.9 Å². The number of carbonyl (C=O) groups excluding carboxylic acids is 1. The van der Waals surface area contributed by atoms with E-state index in [9.17, 15) is 10.1 Å². The smallest absolute Gasteiger partial charge is 0.300 e. The van der Waals surface area contributed by atoms with E-state index in [4.69, 9.17) is 9.15 Å². The van der Waals surface area contributed by atoms with Crippen molar-refractivity contribution in [1.82, 2.24) is 14.9 Å². The first-order chi connectivity index (χ1) is 13.6. The highest BCUT2D eigenvalue weighted by atomic mass is 16.5. The van der Waals surface area contributed by atoms with Crippen molar-refractivity contribution in [2.24, 2.45) is 0 Å². The standard InChI is InChI=1S/C20H19N5O3/c1-13-3-5-17-18(22-13)23-20(28-17)25-9-7-24(8-10-25)19(26)14-4-6-16(27-2)15(11-14)12-21/h3-6,11H,7-10H2,1-2H3. The van der Waals surface area contributed by atoms with Crippen molar-refractivity contribution < 1.29 is 13.9 Å². The summed E-state index contributed by atoms with van der Waals surface area (Å²) >= 11 is 0. The highest BCUT2D eigenvalue weighted by Crippen LogP contribution is 2.23. The summed E-state index contributed by atoms with van der Waals surface area (Å²) in [6, 6.07) is 11.2. The predicted octanol–water partition coefficient (Wildman–Crippen LogP) is 2.37. The molecule has 8 heteroatoms. The van der Waals surface area contributed by atoms with Gasteiger partial charge in [0.2, 0.25) is 5.65 Å². The third-order valence-electron chi connectivity index (χ3n) is 4.79. The van der Waals surface area contributed by atoms with Gasteiger partial charge < -0.3 is 19.0 Å². The minimum Gasteiger partial charge on any atom is -0.495 e. The number of hydrogen-bond acceptors (Lipinski definition) is 7. The molecule has 0 atom stereocenters. The number of benzene rings is 1. The van der Waals surface area contributed by atoms with Crippen LogP contribution in [0.25, 0.3) is 11.2 Å². The van der Waals surface area contributed by atoms with Gasteiger partial charge in [-0.15, -0.1) is 0 Å². The van der Waals surface area contributed by atoms with E-state index in [2.05, 4.69) is 16.0 Å². The lowest BCUT2D eigenvalue weighted by atomic mass is 10.1. The Morgan fingerprint density at radius 3 is 2.68 bits per heavy atom. The number of carbonyl (C=O) groups is 1. The molecule has 4 rings (SSSR count). The quantitative estimate of drug-likeness (QED) is 0.691. The van der Waals surface area contributed by atoms with Gasteiger partial charge in [-0.2, -0.15) is 10.2 Å². The summed E-state index contributed by atoms with van der Waals surface area (Å²) in [7, 11) is 1.50. The molecule has 3 heterocycles. The molecule has 1 fully saturated rings. The van der Waals surface area contributed by atoms with Crippen molar-refractivity contribution >= 4 is 23.2 Å². The van der Waals surface area contributed by atoms with Crippen molar-refractivity contribution in [3.8, 4) is 11.8 Å². The molecule has 0 unspecified atom stereocenters. The fourth-order valence-corrected chi connectivity index (χ4v) is 3.25. The van der Waals surface area contributed by atoms with E-state index >= 15 is 0 Å². The molecule has 3 aromatic rings. The zero-order valence-electron chi connectivity index (χ0n) is 15.7. The molecule has 28 heavy (non-hydrogen) atoms. The van der Waals surface area contributed by atoms with Crippen LogP contribution in [0.3, 0.4) is 0 Å². The second-order valence-corrected chi connectivity index (χ2v) is 6.58. The van der Waals surface area contributed by atoms with Crippen LogP contribution < -0.4 is 9.64 Å². The molecule has 0 spiro atoms. The maximum Gasteiger partial charge on any atom is 0.300 e. The molecule has 1 amide bonds. The number of pyridine rings is 1. The normalized spacial score (nSPS) is 14.2. The highest BCUT2D eigenvalue weighted by molar-refractivity contribution is 5.95. The number of nitriles is 1. The number of hydrogen-bond donors (Lipinski definition) is 0. The molecule has 1 aliphatic heterocycles. The number of amides is 1. The van der Waals surface area contributed by atoms with Crippen LogP contribution in [-0.4, -0.2) is 54.1 Å². The molecule has 1 aliphatic rings. The number of aryl methyl sites for hydroxylation is 1. The molecule has 1 saturated heterocycles. The Labute approximate surface area is 162 Å². The van der Waals surface area contributed by atoms with E-state index in [0.717, 1.165) is 5.69 Å². The minimum absolute atomic E-state index is 0.103. The monoisotopic (exact) mass is 377 g/mol. The second-order valence-electron chi connectivity index (χ2n) is 6.58. The highest BCUT2D eigenvalue weighted by Gasteiger charge is 2.25. The van der Waals surface area contributed by atoms with Gasteiger partial charge in [-0.05, 0) is 37.3 Å². The van der Waals surface area contributed by atoms with Crippen LogP contribution in [0.5, 0.6) is 5.75 Å². The Hall–Kier alpha value is -3.60. The van der Waals surface area contributed by atoms with Crippen molar-refractivity contribution in [2.45, 2.75) is 6.92 Å². The van der Waals surface area contributed by atoms with Crippen molar-refractivity contribution in [1.29, 1.82) is 5.26 Å². The molecule has 1 aromatic carbocycles. The SMILES string of the molecule is COc1ccc(C(=O)N2CCN(c3nc4nc(C)ccc4o3)CC2)cc1C#N. The molecule has 0 N–H and O–H groups in total. The minimum atomic E-state index is -0.103. The molecule has 142 valence electrons. The first-order valence-electron chi connectivity index (χ1n) is 8.95. The summed E-state index contributed by atoms with van der Waals surface area (Å²) in [6.45, 7) is 4.21. The Bertz CT molecular complexity index is 1080. The van der Waals surface area contributed by atoms with Crippen LogP contribution in [0.1, 0.15) is 21.6 Å². The number of piperazine rings is 1. The zero-order chi connectivity index (χ0) is 19.7. The molecule has 0 radical (unpaired) electrons. The largest absolute Gasteiger partial charge is 0.495 e. The summed E-state index contributed by atoms with van der Waals surface area (Å²) < 4.78 is 10.9. The zero-order valence-corrected chi connectivity index (χ0v) is 15.7. The van der Waals surface area contributed by atoms with E-state index in [1.165, 1.54) is 7.11 Å². The maximum absolute atomic E-state index is 12.8. The lowest BCUT2D eigenvalue weighted by Crippen LogP contribution is -2.48. The summed E-state index contributed by atoms with van der Waals surface area (Å²) in [5, 5.41) is 9.22. The van der Waals surface area contributed by atoms with E-state index in [-0.39, 0.29) is 5.91 Å². The predicted molar refractivity (Wildman–Crippen MR) is 102 cm³/mol. The van der Waals surface area contributed by atoms with E-state index in [1.54, 1.807) is 23.1 Å². The van der Waals surface area contributed by atoms with Gasteiger partial charge in [0.1, 0.15) is 11.8 Å². The van der Waals surface area contributed by atoms with Crippen LogP contribution in [0, 0.1) is 18.3 Å². The number of ether oxygens (including phenoxy) is 1. The topological polar surface area (TPSA) is 95.5 Å². The number of rotatable bonds is 3. The first kappa shape index (κ1) is 17.8. The fourth-order valence-electron chi connectivity index (χ4n) is 3.25. The number of anilines is 1. The van der Waals surface area contributed by atoms with Crippen LogP contribution in [-0.2, 0) is 0 Å². The van der Waals surface area contributed by atoms with Crippen molar-refractivity contribution in [3.63, 3.8) is 0 Å². The average molecular weight is 377 g/mol. The van der Waals surface area contributed by atoms with Crippen LogP contribution in [0.2, 0.25) is 0 Å². The number of aromatic nitrogens is 2. The van der Waals surface area contributed by atoms with Crippen molar-refractivity contribution in [2.75, 3.05) is 38.2 Å². The molecular formula is C20H19N5O3. The molecule has 0 bridgehead atoms. The van der Waals surface area contributed by atoms with Gasteiger partial charge in [-0.1, -0.05) is 0 Å². The Morgan fingerprint density at radius 2 is 1.96 bits per heavy atom. The molecule has 2 aromatic heterocycles. The summed E-state index contributed by atoms with van der Waals surface area (Å²) in [6.07, 6.45) is 0. The lowest BCUT2D eigenvalue weighted by molar-refractivity contribution is 0.0745. The molecule has 0 saturated carbocycles. The number of methoxy groups -OCH3 is 1. The van der Waals surface area contributed by atoms with E-state index in [0.29, 0.717) is 60.3 Å². The molecule has 8 nitrogen and oxygen atoms in total. The Kier molecular flexibility index (Phi) is 4.57. The van der Waals surface area contributed by atoms with Gasteiger partial charge in [0.15, 0.2) is 5.58 Å². The third kappa shape index (κ3) is 3.22. The maximum atomic E-state index is 12.8. The second kappa shape index (κ2) is 7.19. The van der Waals surface area contributed by atoms with E-state index in [1.807, 2.05) is 24.0 Å². The summed E-state index contributed by atoms with van der Waals surface area (Å²) in [5.74, 6) is 0.359. The Morgan fingerprint density at radius 1 is 1.18 bits per heavy atom. The van der Waals surface area contributed by atoms with Gasteiger partial charge in [0, 0.05) is 37.4 Å².